The second-order valence-electron chi connectivity index (χ2n) is 10.7. The Kier molecular flexibility index (Phi) is 8.12. The van der Waals surface area contributed by atoms with Crippen LogP contribution in [0.2, 0.25) is 51.1 Å². The van der Waals surface area contributed by atoms with Crippen LogP contribution in [0.25, 0.3) is 0 Å². The van der Waals surface area contributed by atoms with E-state index >= 15 is 0 Å². The molecule has 1 heterocycles. The molecule has 30 heavy (non-hydrogen) atoms. The van der Waals surface area contributed by atoms with E-state index in [1.54, 1.807) is 6.82 Å². The summed E-state index contributed by atoms with van der Waals surface area (Å²) < 4.78 is 2.58. The van der Waals surface area contributed by atoms with Gasteiger partial charge in [-0.15, -0.1) is 0 Å². The summed E-state index contributed by atoms with van der Waals surface area (Å²) in [5, 5.41) is 11.0. The fraction of sp³-hybridized carbons (Fsp3) is 0.682. The van der Waals surface area contributed by atoms with Crippen molar-refractivity contribution in [3.8, 4) is 0 Å². The third-order valence-electron chi connectivity index (χ3n) is 6.15. The van der Waals surface area contributed by atoms with Crippen molar-refractivity contribution in [2.45, 2.75) is 90.7 Å². The van der Waals surface area contributed by atoms with Gasteiger partial charge in [0.1, 0.15) is 16.5 Å². The van der Waals surface area contributed by atoms with Gasteiger partial charge in [-0.2, -0.15) is 0 Å². The summed E-state index contributed by atoms with van der Waals surface area (Å²) in [5.74, 6) is 0.107. The van der Waals surface area contributed by atoms with Crippen LogP contribution >= 0.6 is 11.6 Å². The summed E-state index contributed by atoms with van der Waals surface area (Å²) in [6.07, 6.45) is 4.52. The van der Waals surface area contributed by atoms with E-state index in [1.165, 1.54) is 0 Å². The molecule has 1 fully saturated rings. The Labute approximate surface area is 191 Å². The van der Waals surface area contributed by atoms with E-state index in [1.807, 2.05) is 16.9 Å². The summed E-state index contributed by atoms with van der Waals surface area (Å²) >= 11 is 6.82. The van der Waals surface area contributed by atoms with E-state index in [0.717, 1.165) is 44.3 Å². The van der Waals surface area contributed by atoms with Crippen molar-refractivity contribution < 1.29 is 9.82 Å². The predicted molar refractivity (Wildman–Crippen MR) is 137 cm³/mol. The minimum atomic E-state index is -1.64. The van der Waals surface area contributed by atoms with Crippen molar-refractivity contribution >= 4 is 46.6 Å². The number of nitrogens with zero attached hydrogens (tertiary/aromatic N) is 2. The minimum Gasteiger partial charge on any atom is -0.437 e. The molecule has 168 valence electrons. The summed E-state index contributed by atoms with van der Waals surface area (Å²) in [7, 11) is -3.90. The van der Waals surface area contributed by atoms with Crippen LogP contribution in [0.5, 0.6) is 0 Å². The highest BCUT2D eigenvalue weighted by molar-refractivity contribution is 6.99. The molecule has 0 radical (unpaired) electrons. The van der Waals surface area contributed by atoms with Gasteiger partial charge in [-0.3, -0.25) is 4.79 Å². The number of benzene rings is 1. The van der Waals surface area contributed by atoms with Gasteiger partial charge in [0.15, 0.2) is 5.78 Å². The molecule has 0 bridgehead atoms. The maximum atomic E-state index is 13.8. The second-order valence-corrected chi connectivity index (χ2v) is 21.2. The number of hydrogen-bond donors (Lipinski definition) is 1. The molecule has 1 aliphatic rings. The Morgan fingerprint density at radius 2 is 1.83 bits per heavy atom. The molecule has 1 aromatic carbocycles. The zero-order valence-corrected chi connectivity index (χ0v) is 22.9. The first-order chi connectivity index (χ1) is 13.8. The van der Waals surface area contributed by atoms with Gasteiger partial charge in [-0.1, -0.05) is 70.6 Å². The molecule has 1 aromatic rings. The first kappa shape index (κ1) is 25.7. The number of unbranched alkanes of at least 4 members (excludes halogenated alkanes) is 1. The molecule has 1 unspecified atom stereocenters. The number of halogens is 1. The van der Waals surface area contributed by atoms with E-state index in [4.69, 9.17) is 11.6 Å². The largest absolute Gasteiger partial charge is 0.437 e. The maximum absolute atomic E-state index is 13.8. The molecule has 1 saturated heterocycles. The highest BCUT2D eigenvalue weighted by Gasteiger charge is 2.49. The summed E-state index contributed by atoms with van der Waals surface area (Å²) in [5.41, 5.74) is 1.11. The van der Waals surface area contributed by atoms with Gasteiger partial charge >= 0.3 is 7.05 Å². The SMILES string of the molecule is CCCCC1(C(=O)c2ccc(N([Si](C)(C)C)[Si](C)(C)C)c(Cl)c2)CCCN1B(C)O. The number of rotatable bonds is 9. The molecular formula is C22H40BClN2O2Si2. The van der Waals surface area contributed by atoms with Crippen molar-refractivity contribution in [1.82, 2.24) is 4.81 Å². The van der Waals surface area contributed by atoms with Gasteiger partial charge < -0.3 is 14.1 Å². The Bertz CT molecular complexity index is 750. The van der Waals surface area contributed by atoms with Crippen molar-refractivity contribution in [1.29, 1.82) is 0 Å². The molecule has 1 aliphatic heterocycles. The van der Waals surface area contributed by atoms with Crippen LogP contribution < -0.4 is 4.23 Å². The van der Waals surface area contributed by atoms with E-state index in [2.05, 4.69) is 56.5 Å². The van der Waals surface area contributed by atoms with Crippen LogP contribution in [0.1, 0.15) is 49.4 Å². The molecule has 1 atom stereocenters. The molecule has 0 saturated carbocycles. The molecule has 0 aromatic heterocycles. The molecule has 1 N–H and O–H groups in total. The van der Waals surface area contributed by atoms with Gasteiger partial charge in [0.2, 0.25) is 0 Å². The third-order valence-corrected chi connectivity index (χ3v) is 13.6. The van der Waals surface area contributed by atoms with Crippen molar-refractivity contribution in [2.75, 3.05) is 10.8 Å². The molecule has 0 spiro atoms. The quantitative estimate of drug-likeness (QED) is 0.351. The summed E-state index contributed by atoms with van der Waals surface area (Å²) in [6, 6.07) is 5.89. The summed E-state index contributed by atoms with van der Waals surface area (Å²) in [6.45, 7) is 18.8. The fourth-order valence-electron chi connectivity index (χ4n) is 5.37. The maximum Gasteiger partial charge on any atom is 0.377 e. The normalized spacial score (nSPS) is 20.5. The van der Waals surface area contributed by atoms with Crippen LogP contribution in [0.4, 0.5) is 5.69 Å². The second kappa shape index (κ2) is 9.49. The van der Waals surface area contributed by atoms with E-state index in [9.17, 15) is 9.82 Å². The average Bonchev–Trinajstić information content (AvgIpc) is 3.04. The molecule has 8 heteroatoms. The lowest BCUT2D eigenvalue weighted by Gasteiger charge is -2.46. The zero-order valence-electron chi connectivity index (χ0n) is 20.2. The molecule has 4 nitrogen and oxygen atoms in total. The Morgan fingerprint density at radius 3 is 2.30 bits per heavy atom. The lowest BCUT2D eigenvalue weighted by Crippen LogP contribution is -2.59. The monoisotopic (exact) mass is 466 g/mol. The first-order valence-electron chi connectivity index (χ1n) is 11.3. The van der Waals surface area contributed by atoms with E-state index < -0.39 is 29.1 Å². The lowest BCUT2D eigenvalue weighted by molar-refractivity contribution is 0.0748. The Morgan fingerprint density at radius 1 is 1.23 bits per heavy atom. The smallest absolute Gasteiger partial charge is 0.377 e. The van der Waals surface area contributed by atoms with Crippen LogP contribution in [0.15, 0.2) is 18.2 Å². The van der Waals surface area contributed by atoms with E-state index in [0.29, 0.717) is 10.6 Å². The molecule has 0 aliphatic carbocycles. The van der Waals surface area contributed by atoms with Crippen molar-refractivity contribution in [2.24, 2.45) is 0 Å². The molecule has 0 amide bonds. The number of Topliss-reactive ketones (excluding diaryl/α,β-unsaturated/α-hetero) is 1. The van der Waals surface area contributed by atoms with Gasteiger partial charge in [0, 0.05) is 11.3 Å². The van der Waals surface area contributed by atoms with Crippen LogP contribution in [0, 0.1) is 0 Å². The standard InChI is InChI=1S/C22H40BClN2O2Si2/c1-9-10-14-22(15-11-16-25(22)23(2)28)21(27)18-12-13-20(19(24)17-18)26(29(3,4)5)30(6,7)8/h12-13,17,28H,9-11,14-16H2,1-8H3. The molecule has 2 rings (SSSR count). The third kappa shape index (κ3) is 5.23. The van der Waals surface area contributed by atoms with Crippen LogP contribution in [-0.2, 0) is 0 Å². The lowest BCUT2D eigenvalue weighted by atomic mass is 9.74. The van der Waals surface area contributed by atoms with Crippen LogP contribution in [0.3, 0.4) is 0 Å². The highest BCUT2D eigenvalue weighted by Crippen LogP contribution is 2.40. The first-order valence-corrected chi connectivity index (χ1v) is 18.6. The number of anilines is 1. The van der Waals surface area contributed by atoms with Gasteiger partial charge in [0.25, 0.3) is 0 Å². The highest BCUT2D eigenvalue weighted by atomic mass is 35.5. The van der Waals surface area contributed by atoms with Gasteiger partial charge in [-0.25, -0.2) is 0 Å². The predicted octanol–water partition coefficient (Wildman–Crippen LogP) is 6.13. The number of carbonyl (C=O) groups excluding carboxylic acids is 1. The number of ketones is 1. The van der Waals surface area contributed by atoms with Crippen molar-refractivity contribution in [3.63, 3.8) is 0 Å². The number of hydrogen-bond acceptors (Lipinski definition) is 4. The minimum absolute atomic E-state index is 0.107. The Hall–Kier alpha value is -0.601. The summed E-state index contributed by atoms with van der Waals surface area (Å²) in [4.78, 5) is 15.8. The Balaban J connectivity index is 2.49. The van der Waals surface area contributed by atoms with Gasteiger partial charge in [0.05, 0.1) is 10.6 Å². The zero-order chi connectivity index (χ0) is 22.9. The van der Waals surface area contributed by atoms with Crippen molar-refractivity contribution in [3.05, 3.63) is 28.8 Å². The van der Waals surface area contributed by atoms with E-state index in [-0.39, 0.29) is 5.78 Å². The fourth-order valence-corrected chi connectivity index (χ4v) is 15.7. The number of carbonyl (C=O) groups is 1. The van der Waals surface area contributed by atoms with Crippen LogP contribution in [-0.4, -0.2) is 51.2 Å². The molecular weight excluding hydrogens is 427 g/mol. The average molecular weight is 467 g/mol. The van der Waals surface area contributed by atoms with Gasteiger partial charge in [-0.05, 0) is 50.8 Å². The topological polar surface area (TPSA) is 43.8 Å².